The van der Waals surface area contributed by atoms with Crippen molar-refractivity contribution < 1.29 is 9.90 Å². The molecule has 0 aliphatic heterocycles. The van der Waals surface area contributed by atoms with Crippen LogP contribution >= 0.6 is 0 Å². The van der Waals surface area contributed by atoms with E-state index in [1.165, 1.54) is 6.07 Å². The van der Waals surface area contributed by atoms with Gasteiger partial charge in [-0.15, -0.1) is 0 Å². The van der Waals surface area contributed by atoms with Gasteiger partial charge in [0.05, 0.1) is 12.1 Å². The molecule has 0 spiro atoms. The number of benzene rings is 1. The Morgan fingerprint density at radius 2 is 1.96 bits per heavy atom. The fourth-order valence-corrected chi connectivity index (χ4v) is 3.19. The zero-order chi connectivity index (χ0) is 17.6. The molecule has 0 radical (unpaired) electrons. The van der Waals surface area contributed by atoms with E-state index >= 15 is 0 Å². The normalized spacial score (nSPS) is 18.6. The van der Waals surface area contributed by atoms with Gasteiger partial charge in [-0.05, 0) is 30.0 Å². The number of aliphatic hydroxyl groups excluding tert-OH is 1. The lowest BCUT2D eigenvalue weighted by Gasteiger charge is -2.18. The summed E-state index contributed by atoms with van der Waals surface area (Å²) in [7, 11) is 0. The average Bonchev–Trinajstić information content (AvgIpc) is 2.92. The summed E-state index contributed by atoms with van der Waals surface area (Å²) in [6.45, 7) is 1.16. The SMILES string of the molecule is O=C(NCCCCn1ccccc1=O)N[C@H]1c2ccccc2C[C@H]1O. The van der Waals surface area contributed by atoms with Crippen LogP contribution < -0.4 is 16.2 Å². The predicted molar refractivity (Wildman–Crippen MR) is 95.4 cm³/mol. The minimum Gasteiger partial charge on any atom is -0.390 e. The van der Waals surface area contributed by atoms with Gasteiger partial charge in [-0.2, -0.15) is 0 Å². The molecule has 0 bridgehead atoms. The first-order chi connectivity index (χ1) is 12.1. The largest absolute Gasteiger partial charge is 0.390 e. The topological polar surface area (TPSA) is 83.4 Å². The number of aryl methyl sites for hydroxylation is 1. The van der Waals surface area contributed by atoms with Crippen molar-refractivity contribution in [1.82, 2.24) is 15.2 Å². The highest BCUT2D eigenvalue weighted by atomic mass is 16.3. The number of hydrogen-bond acceptors (Lipinski definition) is 3. The lowest BCUT2D eigenvalue weighted by Crippen LogP contribution is -2.41. The van der Waals surface area contributed by atoms with Crippen LogP contribution in [0.3, 0.4) is 0 Å². The second-order valence-electron chi connectivity index (χ2n) is 6.29. The van der Waals surface area contributed by atoms with Crippen molar-refractivity contribution in [2.75, 3.05) is 6.54 Å². The van der Waals surface area contributed by atoms with E-state index in [1.807, 2.05) is 30.3 Å². The van der Waals surface area contributed by atoms with Crippen LogP contribution in [0.15, 0.2) is 53.5 Å². The Balaban J connectivity index is 1.40. The van der Waals surface area contributed by atoms with Gasteiger partial charge in [0, 0.05) is 31.8 Å². The third-order valence-electron chi connectivity index (χ3n) is 4.50. The van der Waals surface area contributed by atoms with Crippen molar-refractivity contribution in [3.63, 3.8) is 0 Å². The van der Waals surface area contributed by atoms with Gasteiger partial charge in [-0.3, -0.25) is 4.79 Å². The third kappa shape index (κ3) is 4.28. The van der Waals surface area contributed by atoms with Crippen molar-refractivity contribution in [3.05, 3.63) is 70.1 Å². The highest BCUT2D eigenvalue weighted by Gasteiger charge is 2.31. The number of carbonyl (C=O) groups excluding carboxylic acids is 1. The molecule has 2 amide bonds. The summed E-state index contributed by atoms with van der Waals surface area (Å²) < 4.78 is 1.66. The molecule has 3 N–H and O–H groups in total. The van der Waals surface area contributed by atoms with E-state index in [0.717, 1.165) is 24.0 Å². The first-order valence-electron chi connectivity index (χ1n) is 8.61. The van der Waals surface area contributed by atoms with E-state index in [1.54, 1.807) is 16.8 Å². The Morgan fingerprint density at radius 1 is 1.16 bits per heavy atom. The average molecular weight is 341 g/mol. The fourth-order valence-electron chi connectivity index (χ4n) is 3.19. The molecule has 0 unspecified atom stereocenters. The molecule has 0 fully saturated rings. The van der Waals surface area contributed by atoms with Gasteiger partial charge < -0.3 is 20.3 Å². The number of amides is 2. The van der Waals surface area contributed by atoms with Crippen LogP contribution in [-0.4, -0.2) is 28.4 Å². The van der Waals surface area contributed by atoms with Gasteiger partial charge in [-0.1, -0.05) is 30.3 Å². The molecule has 25 heavy (non-hydrogen) atoms. The van der Waals surface area contributed by atoms with Crippen LogP contribution in [0.2, 0.25) is 0 Å². The molecule has 6 nitrogen and oxygen atoms in total. The summed E-state index contributed by atoms with van der Waals surface area (Å²) in [6, 6.07) is 12.2. The van der Waals surface area contributed by atoms with Gasteiger partial charge in [-0.25, -0.2) is 4.79 Å². The van der Waals surface area contributed by atoms with E-state index in [-0.39, 0.29) is 17.6 Å². The van der Waals surface area contributed by atoms with Crippen LogP contribution in [0.1, 0.15) is 30.0 Å². The molecule has 1 aromatic carbocycles. The van der Waals surface area contributed by atoms with Crippen LogP contribution in [0.25, 0.3) is 0 Å². The van der Waals surface area contributed by atoms with Gasteiger partial charge in [0.2, 0.25) is 5.56 Å². The van der Waals surface area contributed by atoms with Gasteiger partial charge in [0.25, 0.3) is 0 Å². The molecule has 1 aromatic heterocycles. The summed E-state index contributed by atoms with van der Waals surface area (Å²) in [5.41, 5.74) is 2.05. The monoisotopic (exact) mass is 341 g/mol. The number of nitrogens with zero attached hydrogens (tertiary/aromatic N) is 1. The molecule has 1 heterocycles. The van der Waals surface area contributed by atoms with E-state index in [4.69, 9.17) is 0 Å². The lowest BCUT2D eigenvalue weighted by molar-refractivity contribution is 0.142. The molecular formula is C19H23N3O3. The number of hydrogen-bond donors (Lipinski definition) is 3. The Labute approximate surface area is 146 Å². The second kappa shape index (κ2) is 7.98. The number of aromatic nitrogens is 1. The van der Waals surface area contributed by atoms with E-state index in [0.29, 0.717) is 19.5 Å². The summed E-state index contributed by atoms with van der Waals surface area (Å²) >= 11 is 0. The van der Waals surface area contributed by atoms with E-state index < -0.39 is 6.10 Å². The van der Waals surface area contributed by atoms with Crippen molar-refractivity contribution in [2.24, 2.45) is 0 Å². The zero-order valence-corrected chi connectivity index (χ0v) is 14.0. The first kappa shape index (κ1) is 17.2. The van der Waals surface area contributed by atoms with Gasteiger partial charge >= 0.3 is 6.03 Å². The minimum absolute atomic E-state index is 0.0120. The standard InChI is InChI=1S/C19H23N3O3/c23-16-13-14-7-1-2-8-15(14)18(16)21-19(25)20-10-4-6-12-22-11-5-3-9-17(22)24/h1-3,5,7-9,11,16,18,23H,4,6,10,12-13H2,(H2,20,21,25)/t16-,18+/m1/s1. The number of fused-ring (bicyclic) bond motifs is 1. The highest BCUT2D eigenvalue weighted by Crippen LogP contribution is 2.30. The number of aliphatic hydroxyl groups is 1. The first-order valence-corrected chi connectivity index (χ1v) is 8.61. The molecule has 2 atom stereocenters. The van der Waals surface area contributed by atoms with Crippen molar-refractivity contribution in [1.29, 1.82) is 0 Å². The Hall–Kier alpha value is -2.60. The maximum absolute atomic E-state index is 12.1. The highest BCUT2D eigenvalue weighted by molar-refractivity contribution is 5.74. The van der Waals surface area contributed by atoms with Crippen molar-refractivity contribution in [3.8, 4) is 0 Å². The molecule has 1 aliphatic rings. The zero-order valence-electron chi connectivity index (χ0n) is 14.0. The van der Waals surface area contributed by atoms with Crippen molar-refractivity contribution in [2.45, 2.75) is 38.0 Å². The quantitative estimate of drug-likeness (QED) is 0.698. The summed E-state index contributed by atoms with van der Waals surface area (Å²) in [4.78, 5) is 23.6. The molecule has 0 saturated carbocycles. The van der Waals surface area contributed by atoms with Crippen LogP contribution in [0.5, 0.6) is 0 Å². The second-order valence-corrected chi connectivity index (χ2v) is 6.29. The van der Waals surface area contributed by atoms with Crippen LogP contribution in [0.4, 0.5) is 4.79 Å². The number of nitrogens with one attached hydrogen (secondary N) is 2. The molecule has 2 aromatic rings. The summed E-state index contributed by atoms with van der Waals surface area (Å²) in [5, 5.41) is 15.8. The fraction of sp³-hybridized carbons (Fsp3) is 0.368. The number of rotatable bonds is 6. The molecule has 132 valence electrons. The molecule has 6 heteroatoms. The van der Waals surface area contributed by atoms with Gasteiger partial charge in [0.1, 0.15) is 0 Å². The summed E-state index contributed by atoms with van der Waals surface area (Å²) in [5.74, 6) is 0. The Morgan fingerprint density at radius 3 is 2.80 bits per heavy atom. The Bertz CT molecular complexity index is 787. The van der Waals surface area contributed by atoms with E-state index in [9.17, 15) is 14.7 Å². The maximum Gasteiger partial charge on any atom is 0.315 e. The molecular weight excluding hydrogens is 318 g/mol. The molecule has 0 saturated heterocycles. The van der Waals surface area contributed by atoms with E-state index in [2.05, 4.69) is 10.6 Å². The number of carbonyl (C=O) groups is 1. The smallest absolute Gasteiger partial charge is 0.315 e. The number of urea groups is 1. The maximum atomic E-state index is 12.1. The predicted octanol–water partition coefficient (Wildman–Crippen LogP) is 1.59. The van der Waals surface area contributed by atoms with Crippen molar-refractivity contribution >= 4 is 6.03 Å². The van der Waals surface area contributed by atoms with Crippen LogP contribution in [0, 0.1) is 0 Å². The summed E-state index contributed by atoms with van der Waals surface area (Å²) in [6.07, 6.45) is 3.32. The molecule has 3 rings (SSSR count). The van der Waals surface area contributed by atoms with Crippen LogP contribution in [-0.2, 0) is 13.0 Å². The Kier molecular flexibility index (Phi) is 5.50. The molecule has 1 aliphatic carbocycles. The number of unbranched alkanes of at least 4 members (excludes halogenated alkanes) is 1. The third-order valence-corrected chi connectivity index (χ3v) is 4.50. The number of pyridine rings is 1. The van der Waals surface area contributed by atoms with Gasteiger partial charge in [0.15, 0.2) is 0 Å². The minimum atomic E-state index is -0.590. The lowest BCUT2D eigenvalue weighted by atomic mass is 10.1.